The van der Waals surface area contributed by atoms with E-state index in [9.17, 15) is 5.26 Å². The van der Waals surface area contributed by atoms with Crippen LogP contribution in [0, 0.1) is 11.3 Å². The summed E-state index contributed by atoms with van der Waals surface area (Å²) in [5, 5.41) is 11.8. The molecule has 2 N–H and O–H groups in total. The van der Waals surface area contributed by atoms with Gasteiger partial charge in [0.15, 0.2) is 10.1 Å². The standard InChI is InChI=1S/C12H13IN4S2/c1-18-10-6(5-14)11-17(12(15)16-10)9-7(13)3-2-4-8(9)19-11/h7-9,15H,2-4H2,1H3/p+1/t7-,8-,9+/m0/s1. The van der Waals surface area contributed by atoms with Crippen LogP contribution in [0.3, 0.4) is 0 Å². The smallest absolute Gasteiger partial charge is 0.287 e. The van der Waals surface area contributed by atoms with Crippen molar-refractivity contribution < 1.29 is 4.57 Å². The van der Waals surface area contributed by atoms with E-state index in [-0.39, 0.29) is 0 Å². The molecule has 0 bridgehead atoms. The van der Waals surface area contributed by atoms with Crippen molar-refractivity contribution in [2.24, 2.45) is 0 Å². The van der Waals surface area contributed by atoms with Gasteiger partial charge in [-0.05, 0) is 19.1 Å². The highest BCUT2D eigenvalue weighted by Crippen LogP contribution is 2.47. The number of hydrogen-bond donors (Lipinski definition) is 1. The summed E-state index contributed by atoms with van der Waals surface area (Å²) in [6, 6.07) is 2.71. The van der Waals surface area contributed by atoms with E-state index in [1.807, 2.05) is 18.0 Å². The number of hydrogen-bond acceptors (Lipinski definition) is 5. The molecule has 0 amide bonds. The van der Waals surface area contributed by atoms with Gasteiger partial charge in [-0.1, -0.05) is 57.5 Å². The number of thioether (sulfide) groups is 2. The van der Waals surface area contributed by atoms with E-state index in [0.29, 0.717) is 26.7 Å². The Balaban J connectivity index is 2.19. The number of anilines is 1. The maximum absolute atomic E-state index is 9.43. The summed E-state index contributed by atoms with van der Waals surface area (Å²) in [6.45, 7) is 0. The summed E-state index contributed by atoms with van der Waals surface area (Å²) < 4.78 is 2.69. The highest BCUT2D eigenvalue weighted by atomic mass is 127. The van der Waals surface area contributed by atoms with Crippen LogP contribution >= 0.6 is 46.1 Å². The van der Waals surface area contributed by atoms with E-state index in [4.69, 9.17) is 5.73 Å². The predicted molar refractivity (Wildman–Crippen MR) is 85.7 cm³/mol. The molecule has 1 aromatic heterocycles. The zero-order chi connectivity index (χ0) is 13.6. The number of nitrogen functional groups attached to an aromatic ring is 1. The molecule has 1 aliphatic carbocycles. The lowest BCUT2D eigenvalue weighted by atomic mass is 9.94. The largest absolute Gasteiger partial charge is 0.391 e. The maximum Gasteiger partial charge on any atom is 0.391 e. The third kappa shape index (κ3) is 2.12. The monoisotopic (exact) mass is 405 g/mol. The lowest BCUT2D eigenvalue weighted by Crippen LogP contribution is -2.50. The fraction of sp³-hybridized carbons (Fsp3) is 0.583. The minimum atomic E-state index is 0.393. The lowest BCUT2D eigenvalue weighted by molar-refractivity contribution is -0.739. The highest BCUT2D eigenvalue weighted by molar-refractivity contribution is 14.1. The number of alkyl halides is 1. The molecule has 0 aromatic carbocycles. The fourth-order valence-corrected chi connectivity index (χ4v) is 6.62. The molecule has 19 heavy (non-hydrogen) atoms. The zero-order valence-electron chi connectivity index (χ0n) is 10.5. The summed E-state index contributed by atoms with van der Waals surface area (Å²) in [4.78, 5) is 4.42. The van der Waals surface area contributed by atoms with Crippen molar-refractivity contribution in [3.8, 4) is 6.07 Å². The Kier molecular flexibility index (Phi) is 3.84. The van der Waals surface area contributed by atoms with Gasteiger partial charge in [0.1, 0.15) is 17.7 Å². The maximum atomic E-state index is 9.43. The first-order chi connectivity index (χ1) is 9.17. The van der Waals surface area contributed by atoms with Gasteiger partial charge in [-0.2, -0.15) is 5.26 Å². The Morgan fingerprint density at radius 2 is 2.37 bits per heavy atom. The van der Waals surface area contributed by atoms with Crippen LogP contribution < -0.4 is 10.3 Å². The van der Waals surface area contributed by atoms with E-state index in [1.54, 1.807) is 0 Å². The van der Waals surface area contributed by atoms with Crippen LogP contribution in [0.1, 0.15) is 30.9 Å². The Labute approximate surface area is 134 Å². The summed E-state index contributed by atoms with van der Waals surface area (Å²) >= 11 is 5.84. The van der Waals surface area contributed by atoms with Crippen LogP contribution in [0.5, 0.6) is 0 Å². The molecule has 1 fully saturated rings. The minimum Gasteiger partial charge on any atom is -0.287 e. The summed E-state index contributed by atoms with van der Waals surface area (Å²) in [7, 11) is 0. The normalized spacial score (nSPS) is 28.6. The molecule has 4 nitrogen and oxygen atoms in total. The summed E-state index contributed by atoms with van der Waals surface area (Å²) in [5.41, 5.74) is 6.85. The molecule has 0 spiro atoms. The zero-order valence-corrected chi connectivity index (χ0v) is 14.3. The van der Waals surface area contributed by atoms with Gasteiger partial charge in [0.2, 0.25) is 0 Å². The second-order valence-electron chi connectivity index (χ2n) is 4.74. The third-order valence-corrected chi connectivity index (χ3v) is 7.18. The number of fused-ring (bicyclic) bond motifs is 3. The van der Waals surface area contributed by atoms with E-state index < -0.39 is 0 Å². The van der Waals surface area contributed by atoms with Crippen molar-refractivity contribution in [1.29, 1.82) is 5.26 Å². The van der Waals surface area contributed by atoms with Gasteiger partial charge in [-0.3, -0.25) is 5.73 Å². The molecule has 3 rings (SSSR count). The van der Waals surface area contributed by atoms with E-state index in [0.717, 1.165) is 10.1 Å². The quantitative estimate of drug-likeness (QED) is 0.256. The van der Waals surface area contributed by atoms with Crippen LogP contribution in [-0.4, -0.2) is 20.4 Å². The number of aromatic nitrogens is 2. The van der Waals surface area contributed by atoms with Gasteiger partial charge in [-0.25, -0.2) is 4.57 Å². The molecule has 100 valence electrons. The predicted octanol–water partition coefficient (Wildman–Crippen LogP) is 2.55. The molecule has 2 aliphatic rings. The Morgan fingerprint density at radius 1 is 1.58 bits per heavy atom. The van der Waals surface area contributed by atoms with Crippen LogP contribution in [-0.2, 0) is 0 Å². The molecule has 1 aliphatic heterocycles. The number of rotatable bonds is 1. The van der Waals surface area contributed by atoms with Gasteiger partial charge >= 0.3 is 5.95 Å². The first kappa shape index (κ1) is 13.8. The molecule has 1 aromatic rings. The second-order valence-corrected chi connectivity index (χ2v) is 8.36. The van der Waals surface area contributed by atoms with Crippen molar-refractivity contribution >= 4 is 52.1 Å². The van der Waals surface area contributed by atoms with Crippen LogP contribution in [0.15, 0.2) is 10.1 Å². The number of nitriles is 1. The molecule has 7 heteroatoms. The van der Waals surface area contributed by atoms with Crippen LogP contribution in [0.4, 0.5) is 5.95 Å². The first-order valence-corrected chi connectivity index (χ1v) is 9.52. The number of nitrogens with zero attached hydrogens (tertiary/aromatic N) is 3. The molecule has 0 radical (unpaired) electrons. The van der Waals surface area contributed by atoms with E-state index >= 15 is 0 Å². The van der Waals surface area contributed by atoms with Gasteiger partial charge < -0.3 is 0 Å². The Morgan fingerprint density at radius 3 is 3.05 bits per heavy atom. The SMILES string of the molecule is CSc1nc(N)[n+]2c(c1C#N)S[C@H]1CCC[C@H](I)[C@H]12. The summed E-state index contributed by atoms with van der Waals surface area (Å²) in [6.07, 6.45) is 5.63. The van der Waals surface area contributed by atoms with Crippen molar-refractivity contribution in [1.82, 2.24) is 4.98 Å². The van der Waals surface area contributed by atoms with Gasteiger partial charge in [0.25, 0.3) is 0 Å². The van der Waals surface area contributed by atoms with Gasteiger partial charge in [0.05, 0.1) is 0 Å². The fourth-order valence-electron chi connectivity index (χ4n) is 2.87. The van der Waals surface area contributed by atoms with E-state index in [2.05, 4.69) is 38.2 Å². The van der Waals surface area contributed by atoms with Crippen molar-refractivity contribution in [3.05, 3.63) is 5.56 Å². The molecular formula is C12H14IN4S2+. The van der Waals surface area contributed by atoms with Crippen molar-refractivity contribution in [2.75, 3.05) is 12.0 Å². The molecular weight excluding hydrogens is 391 g/mol. The first-order valence-electron chi connectivity index (χ1n) is 6.17. The molecule has 2 heterocycles. The molecule has 1 saturated carbocycles. The van der Waals surface area contributed by atoms with Crippen molar-refractivity contribution in [2.45, 2.75) is 44.5 Å². The average Bonchev–Trinajstić information content (AvgIpc) is 2.79. The number of nitrogens with two attached hydrogens (primary N) is 1. The minimum absolute atomic E-state index is 0.393. The molecule has 0 saturated heterocycles. The molecule has 3 atom stereocenters. The molecule has 0 unspecified atom stereocenters. The van der Waals surface area contributed by atoms with Crippen LogP contribution in [0.25, 0.3) is 0 Å². The summed E-state index contributed by atoms with van der Waals surface area (Å²) in [5.74, 6) is 0.557. The third-order valence-electron chi connectivity index (χ3n) is 3.70. The topological polar surface area (TPSA) is 66.6 Å². The Bertz CT molecular complexity index is 572. The second kappa shape index (κ2) is 5.30. The highest BCUT2D eigenvalue weighted by Gasteiger charge is 2.46. The van der Waals surface area contributed by atoms with Crippen molar-refractivity contribution in [3.63, 3.8) is 0 Å². The van der Waals surface area contributed by atoms with Gasteiger partial charge in [0, 0.05) is 9.17 Å². The lowest BCUT2D eigenvalue weighted by Gasteiger charge is -2.28. The number of halogens is 1. The van der Waals surface area contributed by atoms with E-state index in [1.165, 1.54) is 31.0 Å². The van der Waals surface area contributed by atoms with Gasteiger partial charge in [-0.15, -0.1) is 0 Å². The van der Waals surface area contributed by atoms with Crippen LogP contribution in [0.2, 0.25) is 0 Å². The Hall–Kier alpha value is -0.200. The average molecular weight is 405 g/mol.